The number of pyridine rings is 1. The van der Waals surface area contributed by atoms with Crippen LogP contribution in [0.1, 0.15) is 0 Å². The van der Waals surface area contributed by atoms with Crippen LogP contribution in [-0.2, 0) is 9.53 Å². The first-order valence-corrected chi connectivity index (χ1v) is 5.84. The molecule has 1 aromatic heterocycles. The molecule has 0 bridgehead atoms. The maximum absolute atomic E-state index is 12.7. The summed E-state index contributed by atoms with van der Waals surface area (Å²) in [5.74, 6) is -0.685. The molecule has 0 N–H and O–H groups in total. The van der Waals surface area contributed by atoms with Gasteiger partial charge in [0.1, 0.15) is 0 Å². The number of piperazine rings is 1. The molecular formula is C12H16FN3O2. The van der Waals surface area contributed by atoms with Crippen LogP contribution in [0.2, 0.25) is 0 Å². The minimum absolute atomic E-state index is 0.216. The van der Waals surface area contributed by atoms with Gasteiger partial charge in [-0.05, 0) is 12.1 Å². The van der Waals surface area contributed by atoms with E-state index in [1.165, 1.54) is 19.4 Å². The molecular weight excluding hydrogens is 237 g/mol. The number of anilines is 1. The van der Waals surface area contributed by atoms with Gasteiger partial charge in [0, 0.05) is 26.2 Å². The van der Waals surface area contributed by atoms with E-state index >= 15 is 0 Å². The van der Waals surface area contributed by atoms with Gasteiger partial charge in [-0.2, -0.15) is 4.39 Å². The van der Waals surface area contributed by atoms with E-state index in [1.54, 1.807) is 6.07 Å². The highest BCUT2D eigenvalue weighted by Crippen LogP contribution is 2.15. The van der Waals surface area contributed by atoms with Crippen molar-refractivity contribution in [3.05, 3.63) is 24.3 Å². The Morgan fingerprint density at radius 1 is 1.39 bits per heavy atom. The molecule has 0 radical (unpaired) electrons. The fourth-order valence-electron chi connectivity index (χ4n) is 1.97. The minimum atomic E-state index is -0.469. The summed E-state index contributed by atoms with van der Waals surface area (Å²) in [6.07, 6.45) is 1.53. The molecule has 6 heteroatoms. The highest BCUT2D eigenvalue weighted by atomic mass is 19.1. The molecule has 98 valence electrons. The van der Waals surface area contributed by atoms with E-state index in [-0.39, 0.29) is 5.97 Å². The second-order valence-corrected chi connectivity index (χ2v) is 4.18. The van der Waals surface area contributed by atoms with Crippen molar-refractivity contribution < 1.29 is 13.9 Å². The van der Waals surface area contributed by atoms with Gasteiger partial charge in [-0.3, -0.25) is 9.69 Å². The third-order valence-corrected chi connectivity index (χ3v) is 3.03. The molecule has 0 aromatic carbocycles. The average Bonchev–Trinajstić information content (AvgIpc) is 2.40. The van der Waals surface area contributed by atoms with E-state index in [1.807, 2.05) is 4.90 Å². The molecule has 1 fully saturated rings. The summed E-state index contributed by atoms with van der Waals surface area (Å²) >= 11 is 0. The molecule has 0 atom stereocenters. The smallest absolute Gasteiger partial charge is 0.319 e. The van der Waals surface area contributed by atoms with Crippen LogP contribution in [0.3, 0.4) is 0 Å². The van der Waals surface area contributed by atoms with Gasteiger partial charge in [0.05, 0.1) is 25.5 Å². The predicted molar refractivity (Wildman–Crippen MR) is 64.9 cm³/mol. The van der Waals surface area contributed by atoms with Crippen LogP contribution in [-0.4, -0.2) is 55.7 Å². The Morgan fingerprint density at radius 2 is 2.11 bits per heavy atom. The molecule has 0 amide bonds. The van der Waals surface area contributed by atoms with Gasteiger partial charge in [-0.1, -0.05) is 0 Å². The summed E-state index contributed by atoms with van der Waals surface area (Å²) in [6.45, 7) is 3.49. The summed E-state index contributed by atoms with van der Waals surface area (Å²) in [5, 5.41) is 0. The van der Waals surface area contributed by atoms with Gasteiger partial charge < -0.3 is 9.64 Å². The maximum atomic E-state index is 12.7. The molecule has 0 unspecified atom stereocenters. The first-order chi connectivity index (χ1) is 8.69. The van der Waals surface area contributed by atoms with E-state index in [2.05, 4.69) is 14.6 Å². The summed E-state index contributed by atoms with van der Waals surface area (Å²) in [5.41, 5.74) is 0.911. The fraction of sp³-hybridized carbons (Fsp3) is 0.500. The van der Waals surface area contributed by atoms with Gasteiger partial charge in [0.15, 0.2) is 0 Å². The van der Waals surface area contributed by atoms with Crippen molar-refractivity contribution in [3.8, 4) is 0 Å². The van der Waals surface area contributed by atoms with Crippen molar-refractivity contribution >= 4 is 11.7 Å². The number of rotatable bonds is 3. The number of carbonyl (C=O) groups is 1. The van der Waals surface area contributed by atoms with Gasteiger partial charge in [-0.15, -0.1) is 0 Å². The molecule has 0 spiro atoms. The van der Waals surface area contributed by atoms with Gasteiger partial charge in [0.2, 0.25) is 5.95 Å². The normalized spacial score (nSPS) is 16.7. The SMILES string of the molecule is COC(=O)CN1CCN(c2ccc(F)nc2)CC1. The zero-order chi connectivity index (χ0) is 13.0. The van der Waals surface area contributed by atoms with Crippen molar-refractivity contribution in [3.63, 3.8) is 0 Å². The quantitative estimate of drug-likeness (QED) is 0.580. The number of nitrogens with zero attached hydrogens (tertiary/aromatic N) is 3. The second kappa shape index (κ2) is 5.77. The Kier molecular flexibility index (Phi) is 4.09. The molecule has 1 aromatic rings. The van der Waals surface area contributed by atoms with Crippen LogP contribution in [0, 0.1) is 5.95 Å². The summed E-state index contributed by atoms with van der Waals surface area (Å²) in [6, 6.07) is 3.08. The number of methoxy groups -OCH3 is 1. The lowest BCUT2D eigenvalue weighted by molar-refractivity contribution is -0.142. The number of hydrogen-bond donors (Lipinski definition) is 0. The fourth-order valence-corrected chi connectivity index (χ4v) is 1.97. The zero-order valence-corrected chi connectivity index (χ0v) is 10.3. The lowest BCUT2D eigenvalue weighted by Crippen LogP contribution is -2.48. The van der Waals surface area contributed by atoms with E-state index in [9.17, 15) is 9.18 Å². The van der Waals surface area contributed by atoms with Crippen LogP contribution in [0.5, 0.6) is 0 Å². The van der Waals surface area contributed by atoms with Gasteiger partial charge >= 0.3 is 5.97 Å². The Morgan fingerprint density at radius 3 is 2.67 bits per heavy atom. The van der Waals surface area contributed by atoms with Crippen molar-refractivity contribution in [1.29, 1.82) is 0 Å². The molecule has 1 aliphatic rings. The highest BCUT2D eigenvalue weighted by Gasteiger charge is 2.19. The molecule has 2 heterocycles. The Balaban J connectivity index is 1.86. The van der Waals surface area contributed by atoms with Crippen molar-refractivity contribution in [2.45, 2.75) is 0 Å². The molecule has 1 saturated heterocycles. The van der Waals surface area contributed by atoms with Crippen molar-refractivity contribution in [2.24, 2.45) is 0 Å². The third-order valence-electron chi connectivity index (χ3n) is 3.03. The van der Waals surface area contributed by atoms with Crippen LogP contribution in [0.4, 0.5) is 10.1 Å². The number of carbonyl (C=O) groups excluding carboxylic acids is 1. The number of ether oxygens (including phenoxy) is 1. The maximum Gasteiger partial charge on any atom is 0.319 e. The van der Waals surface area contributed by atoms with E-state index < -0.39 is 5.95 Å². The second-order valence-electron chi connectivity index (χ2n) is 4.18. The summed E-state index contributed by atoms with van der Waals surface area (Å²) in [4.78, 5) is 18.9. The van der Waals surface area contributed by atoms with Crippen LogP contribution < -0.4 is 4.90 Å². The molecule has 5 nitrogen and oxygen atoms in total. The molecule has 0 aliphatic carbocycles. The first-order valence-electron chi connectivity index (χ1n) is 5.84. The lowest BCUT2D eigenvalue weighted by atomic mass is 10.2. The van der Waals surface area contributed by atoms with Crippen LogP contribution in [0.25, 0.3) is 0 Å². The number of halogens is 1. The van der Waals surface area contributed by atoms with Crippen molar-refractivity contribution in [2.75, 3.05) is 44.7 Å². The van der Waals surface area contributed by atoms with Crippen molar-refractivity contribution in [1.82, 2.24) is 9.88 Å². The average molecular weight is 253 g/mol. The van der Waals surface area contributed by atoms with Gasteiger partial charge in [0.25, 0.3) is 0 Å². The van der Waals surface area contributed by atoms with E-state index in [0.717, 1.165) is 31.9 Å². The zero-order valence-electron chi connectivity index (χ0n) is 10.3. The summed E-state index contributed by atoms with van der Waals surface area (Å²) < 4.78 is 17.3. The topological polar surface area (TPSA) is 45.7 Å². The number of esters is 1. The van der Waals surface area contributed by atoms with Crippen LogP contribution >= 0.6 is 0 Å². The van der Waals surface area contributed by atoms with E-state index in [4.69, 9.17) is 0 Å². The largest absolute Gasteiger partial charge is 0.468 e. The Bertz CT molecular complexity index is 402. The molecule has 2 rings (SSSR count). The number of aromatic nitrogens is 1. The first kappa shape index (κ1) is 12.8. The van der Waals surface area contributed by atoms with Crippen LogP contribution in [0.15, 0.2) is 18.3 Å². The number of hydrogen-bond acceptors (Lipinski definition) is 5. The Hall–Kier alpha value is -1.69. The highest BCUT2D eigenvalue weighted by molar-refractivity contribution is 5.71. The minimum Gasteiger partial charge on any atom is -0.468 e. The molecule has 18 heavy (non-hydrogen) atoms. The summed E-state index contributed by atoms with van der Waals surface area (Å²) in [7, 11) is 1.39. The molecule has 0 saturated carbocycles. The monoisotopic (exact) mass is 253 g/mol. The lowest BCUT2D eigenvalue weighted by Gasteiger charge is -2.35. The molecule has 1 aliphatic heterocycles. The standard InChI is InChI=1S/C12H16FN3O2/c1-18-12(17)9-15-4-6-16(7-5-15)10-2-3-11(13)14-8-10/h2-3,8H,4-7,9H2,1H3. The van der Waals surface area contributed by atoms with Gasteiger partial charge in [-0.25, -0.2) is 4.98 Å². The third kappa shape index (κ3) is 3.16. The Labute approximate surface area is 105 Å². The predicted octanol–water partition coefficient (Wildman–Crippen LogP) is 0.516. The van der Waals surface area contributed by atoms with E-state index in [0.29, 0.717) is 6.54 Å².